The van der Waals surface area contributed by atoms with Crippen LogP contribution in [0.4, 0.5) is 4.79 Å². The molecule has 2 aliphatic rings. The fourth-order valence-corrected chi connectivity index (χ4v) is 2.48. The van der Waals surface area contributed by atoms with Gasteiger partial charge in [0.1, 0.15) is 12.4 Å². The molecule has 1 aliphatic heterocycles. The summed E-state index contributed by atoms with van der Waals surface area (Å²) in [5.74, 6) is -0.687. The molecule has 0 spiro atoms. The maximum Gasteiger partial charge on any atom is 0.338 e. The lowest BCUT2D eigenvalue weighted by Crippen LogP contribution is -2.42. The minimum absolute atomic E-state index is 0.121. The Bertz CT molecular complexity index is 650. The van der Waals surface area contributed by atoms with Crippen molar-refractivity contribution < 1.29 is 28.6 Å². The Balaban J connectivity index is 1.37. The largest absolute Gasteiger partial charge is 0.491 e. The Labute approximate surface area is 151 Å². The normalized spacial score (nSPS) is 18.8. The Kier molecular flexibility index (Phi) is 6.06. The van der Waals surface area contributed by atoms with E-state index >= 15 is 0 Å². The van der Waals surface area contributed by atoms with E-state index < -0.39 is 24.5 Å². The lowest BCUT2D eigenvalue weighted by Gasteiger charge is -2.11. The van der Waals surface area contributed by atoms with Crippen LogP contribution in [0.5, 0.6) is 5.75 Å². The molecule has 3 amide bonds. The van der Waals surface area contributed by atoms with Crippen molar-refractivity contribution in [3.05, 3.63) is 29.8 Å². The zero-order chi connectivity index (χ0) is 18.4. The summed E-state index contributed by atoms with van der Waals surface area (Å²) in [6, 6.07) is 6.02. The van der Waals surface area contributed by atoms with Crippen LogP contribution < -0.4 is 15.4 Å². The van der Waals surface area contributed by atoms with Crippen LogP contribution in [0.15, 0.2) is 24.3 Å². The summed E-state index contributed by atoms with van der Waals surface area (Å²) in [5.41, 5.74) is 0.296. The SMILES string of the molecule is O=C(COC(=O)c1ccc(OC[C@H]2CCCO2)cc1)NC(=O)NC1CC1. The molecule has 2 N–H and O–H groups in total. The zero-order valence-electron chi connectivity index (χ0n) is 14.4. The zero-order valence-corrected chi connectivity index (χ0v) is 14.4. The molecular formula is C18H22N2O6. The van der Waals surface area contributed by atoms with Crippen LogP contribution in [0.25, 0.3) is 0 Å². The highest BCUT2D eigenvalue weighted by molar-refractivity contribution is 5.97. The maximum absolute atomic E-state index is 11.9. The van der Waals surface area contributed by atoms with Gasteiger partial charge in [-0.1, -0.05) is 0 Å². The summed E-state index contributed by atoms with van der Waals surface area (Å²) in [6.45, 7) is 0.732. The van der Waals surface area contributed by atoms with Gasteiger partial charge in [0.05, 0.1) is 11.7 Å². The van der Waals surface area contributed by atoms with E-state index in [2.05, 4.69) is 10.6 Å². The molecule has 0 unspecified atom stereocenters. The minimum Gasteiger partial charge on any atom is -0.491 e. The topological polar surface area (TPSA) is 103 Å². The monoisotopic (exact) mass is 362 g/mol. The number of imide groups is 1. The summed E-state index contributed by atoms with van der Waals surface area (Å²) in [5, 5.41) is 4.72. The van der Waals surface area contributed by atoms with E-state index in [1.54, 1.807) is 24.3 Å². The number of rotatable bonds is 7. The quantitative estimate of drug-likeness (QED) is 0.711. The van der Waals surface area contributed by atoms with Crippen molar-refractivity contribution in [3.8, 4) is 5.75 Å². The van der Waals surface area contributed by atoms with Gasteiger partial charge in [-0.05, 0) is 49.9 Å². The third kappa shape index (κ3) is 5.73. The molecule has 1 aromatic carbocycles. The Morgan fingerprint density at radius 2 is 1.88 bits per heavy atom. The molecule has 0 radical (unpaired) electrons. The maximum atomic E-state index is 11.9. The Hall–Kier alpha value is -2.61. The van der Waals surface area contributed by atoms with Gasteiger partial charge in [0, 0.05) is 12.6 Å². The van der Waals surface area contributed by atoms with Gasteiger partial charge in [-0.2, -0.15) is 0 Å². The number of benzene rings is 1. The van der Waals surface area contributed by atoms with E-state index in [9.17, 15) is 14.4 Å². The third-order valence-corrected chi connectivity index (χ3v) is 4.05. The smallest absolute Gasteiger partial charge is 0.338 e. The first-order valence-electron chi connectivity index (χ1n) is 8.72. The second-order valence-electron chi connectivity index (χ2n) is 6.34. The number of ether oxygens (including phenoxy) is 3. The van der Waals surface area contributed by atoms with E-state index in [1.165, 1.54) is 0 Å². The average Bonchev–Trinajstić information content (AvgIpc) is 3.28. The fourth-order valence-electron chi connectivity index (χ4n) is 2.48. The van der Waals surface area contributed by atoms with E-state index in [-0.39, 0.29) is 12.1 Å². The molecule has 1 saturated carbocycles. The van der Waals surface area contributed by atoms with Gasteiger partial charge in [-0.25, -0.2) is 9.59 Å². The van der Waals surface area contributed by atoms with E-state index in [4.69, 9.17) is 14.2 Å². The molecule has 140 valence electrons. The van der Waals surface area contributed by atoms with Crippen LogP contribution in [0.3, 0.4) is 0 Å². The van der Waals surface area contributed by atoms with Crippen LogP contribution in [0.2, 0.25) is 0 Å². The predicted molar refractivity (Wildman–Crippen MR) is 90.9 cm³/mol. The van der Waals surface area contributed by atoms with Crippen molar-refractivity contribution in [3.63, 3.8) is 0 Å². The number of urea groups is 1. The molecule has 1 heterocycles. The number of hydrogen-bond acceptors (Lipinski definition) is 6. The van der Waals surface area contributed by atoms with Crippen molar-refractivity contribution in [1.29, 1.82) is 0 Å². The van der Waals surface area contributed by atoms with E-state index in [0.29, 0.717) is 17.9 Å². The molecule has 0 bridgehead atoms. The second-order valence-corrected chi connectivity index (χ2v) is 6.34. The molecule has 3 rings (SSSR count). The van der Waals surface area contributed by atoms with Crippen LogP contribution >= 0.6 is 0 Å². The van der Waals surface area contributed by atoms with Gasteiger partial charge in [-0.15, -0.1) is 0 Å². The molecule has 1 atom stereocenters. The fraction of sp³-hybridized carbons (Fsp3) is 0.500. The number of amides is 3. The van der Waals surface area contributed by atoms with Gasteiger partial charge in [0.25, 0.3) is 5.91 Å². The molecule has 1 aromatic rings. The van der Waals surface area contributed by atoms with Gasteiger partial charge in [0.15, 0.2) is 6.61 Å². The van der Waals surface area contributed by atoms with E-state index in [0.717, 1.165) is 32.3 Å². The van der Waals surface area contributed by atoms with Crippen molar-refractivity contribution in [2.45, 2.75) is 37.8 Å². The third-order valence-electron chi connectivity index (χ3n) is 4.05. The first kappa shape index (κ1) is 18.2. The molecule has 8 nitrogen and oxygen atoms in total. The molecule has 0 aromatic heterocycles. The summed E-state index contributed by atoms with van der Waals surface area (Å²) < 4.78 is 16.0. The van der Waals surface area contributed by atoms with Crippen molar-refractivity contribution >= 4 is 17.9 Å². The first-order valence-corrected chi connectivity index (χ1v) is 8.72. The predicted octanol–water partition coefficient (Wildman–Crippen LogP) is 1.39. The van der Waals surface area contributed by atoms with E-state index in [1.807, 2.05) is 0 Å². The van der Waals surface area contributed by atoms with Crippen molar-refractivity contribution in [1.82, 2.24) is 10.6 Å². The molecule has 1 saturated heterocycles. The minimum atomic E-state index is -0.673. The number of carbonyl (C=O) groups is 3. The summed E-state index contributed by atoms with van der Waals surface area (Å²) in [6.07, 6.45) is 4.00. The molecule has 26 heavy (non-hydrogen) atoms. The summed E-state index contributed by atoms with van der Waals surface area (Å²) in [7, 11) is 0. The lowest BCUT2D eigenvalue weighted by atomic mass is 10.2. The van der Waals surface area contributed by atoms with Gasteiger partial charge in [-0.3, -0.25) is 10.1 Å². The highest BCUT2D eigenvalue weighted by Crippen LogP contribution is 2.18. The van der Waals surface area contributed by atoms with Gasteiger partial charge in [0.2, 0.25) is 0 Å². The first-order chi connectivity index (χ1) is 12.6. The highest BCUT2D eigenvalue weighted by atomic mass is 16.5. The number of hydrogen-bond donors (Lipinski definition) is 2. The number of nitrogens with one attached hydrogen (secondary N) is 2. The van der Waals surface area contributed by atoms with Gasteiger partial charge >= 0.3 is 12.0 Å². The van der Waals surface area contributed by atoms with Crippen LogP contribution in [-0.2, 0) is 14.3 Å². The molecule has 1 aliphatic carbocycles. The Morgan fingerprint density at radius 3 is 2.54 bits per heavy atom. The summed E-state index contributed by atoms with van der Waals surface area (Å²) >= 11 is 0. The highest BCUT2D eigenvalue weighted by Gasteiger charge is 2.24. The Morgan fingerprint density at radius 1 is 1.12 bits per heavy atom. The lowest BCUT2D eigenvalue weighted by molar-refractivity contribution is -0.123. The van der Waals surface area contributed by atoms with Crippen LogP contribution in [0.1, 0.15) is 36.0 Å². The van der Waals surface area contributed by atoms with Crippen LogP contribution in [-0.4, -0.2) is 49.9 Å². The molecular weight excluding hydrogens is 340 g/mol. The van der Waals surface area contributed by atoms with Crippen LogP contribution in [0, 0.1) is 0 Å². The number of carbonyl (C=O) groups excluding carboxylic acids is 3. The molecule has 8 heteroatoms. The summed E-state index contributed by atoms with van der Waals surface area (Å²) in [4.78, 5) is 34.9. The average molecular weight is 362 g/mol. The standard InChI is InChI=1S/C18H22N2O6/c21-16(20-18(23)19-13-5-6-13)11-26-17(22)12-3-7-14(8-4-12)25-10-15-2-1-9-24-15/h3-4,7-8,13,15H,1-2,5-6,9-11H2,(H2,19,20,21,23)/t15-/m1/s1. The van der Waals surface area contributed by atoms with Gasteiger partial charge < -0.3 is 19.5 Å². The van der Waals surface area contributed by atoms with Crippen molar-refractivity contribution in [2.75, 3.05) is 19.8 Å². The van der Waals surface area contributed by atoms with Crippen molar-refractivity contribution in [2.24, 2.45) is 0 Å². The number of esters is 1. The second kappa shape index (κ2) is 8.66. The molecule has 2 fully saturated rings.